The van der Waals surface area contributed by atoms with Crippen molar-refractivity contribution in [2.75, 3.05) is 17.2 Å². The summed E-state index contributed by atoms with van der Waals surface area (Å²) in [6.07, 6.45) is 1.41. The van der Waals surface area contributed by atoms with Crippen LogP contribution >= 0.6 is 11.5 Å². The van der Waals surface area contributed by atoms with Crippen LogP contribution in [0.15, 0.2) is 47.1 Å². The van der Waals surface area contributed by atoms with Crippen LogP contribution in [0.5, 0.6) is 5.75 Å². The number of furan rings is 1. The van der Waals surface area contributed by atoms with E-state index < -0.39 is 29.3 Å². The van der Waals surface area contributed by atoms with Crippen LogP contribution in [0.4, 0.5) is 11.4 Å². The number of nitrogens with zero attached hydrogens (tertiary/aromatic N) is 2. The number of carbonyl (C=O) groups excluding carboxylic acids is 3. The molecular formula is C23H27N5O5S. The highest BCUT2D eigenvalue weighted by atomic mass is 32.1. The number of anilines is 2. The van der Waals surface area contributed by atoms with Crippen molar-refractivity contribution in [2.45, 2.75) is 39.3 Å². The summed E-state index contributed by atoms with van der Waals surface area (Å²) in [7, 11) is 0. The number of nitrogens with one attached hydrogen (secondary N) is 1. The number of para-hydroxylation sites is 2. The number of hydrogen-bond acceptors (Lipinski definition) is 8. The van der Waals surface area contributed by atoms with Crippen LogP contribution in [-0.2, 0) is 4.79 Å². The Kier molecular flexibility index (Phi) is 7.26. The molecule has 1 unspecified atom stereocenters. The molecule has 0 radical (unpaired) electrons. The van der Waals surface area contributed by atoms with E-state index in [2.05, 4.69) is 9.69 Å². The maximum Gasteiger partial charge on any atom is 0.273 e. The minimum absolute atomic E-state index is 0.0415. The Hall–Kier alpha value is -3.86. The summed E-state index contributed by atoms with van der Waals surface area (Å²) in [5.74, 6) is -1.42. The van der Waals surface area contributed by atoms with Gasteiger partial charge in [-0.25, -0.2) is 0 Å². The topological polar surface area (TPSA) is 154 Å². The lowest BCUT2D eigenvalue weighted by molar-refractivity contribution is -0.124. The quantitative estimate of drug-likeness (QED) is 0.443. The van der Waals surface area contributed by atoms with Gasteiger partial charge in [0.2, 0.25) is 0 Å². The van der Waals surface area contributed by atoms with E-state index in [1.54, 1.807) is 43.3 Å². The van der Waals surface area contributed by atoms with Gasteiger partial charge in [-0.3, -0.25) is 19.3 Å². The molecule has 3 amide bonds. The van der Waals surface area contributed by atoms with Gasteiger partial charge < -0.3 is 25.9 Å². The van der Waals surface area contributed by atoms with Gasteiger partial charge in [-0.1, -0.05) is 12.1 Å². The van der Waals surface area contributed by atoms with Gasteiger partial charge in [0.1, 0.15) is 16.4 Å². The predicted octanol–water partition coefficient (Wildman–Crippen LogP) is 3.12. The number of amides is 3. The normalized spacial score (nSPS) is 12.1. The third kappa shape index (κ3) is 5.20. The van der Waals surface area contributed by atoms with Crippen LogP contribution in [0.25, 0.3) is 0 Å². The molecule has 0 spiro atoms. The van der Waals surface area contributed by atoms with Crippen molar-refractivity contribution in [1.29, 1.82) is 0 Å². The summed E-state index contributed by atoms with van der Waals surface area (Å²) >= 11 is 0.724. The van der Waals surface area contributed by atoms with Gasteiger partial charge in [-0.2, -0.15) is 4.37 Å². The maximum absolute atomic E-state index is 14.0. The number of aromatic nitrogens is 1. The number of nitrogens with two attached hydrogens (primary N) is 2. The Bertz CT molecular complexity index is 1180. The van der Waals surface area contributed by atoms with E-state index in [1.165, 1.54) is 11.2 Å². The number of primary amides is 1. The highest BCUT2D eigenvalue weighted by molar-refractivity contribution is 7.09. The van der Waals surface area contributed by atoms with Gasteiger partial charge in [0.05, 0.1) is 24.2 Å². The van der Waals surface area contributed by atoms with Crippen molar-refractivity contribution in [1.82, 2.24) is 9.69 Å². The molecule has 0 aliphatic rings. The third-order valence-corrected chi connectivity index (χ3v) is 5.47. The van der Waals surface area contributed by atoms with Gasteiger partial charge in [-0.15, -0.1) is 0 Å². The van der Waals surface area contributed by atoms with E-state index in [0.717, 1.165) is 11.5 Å². The molecule has 2 aromatic heterocycles. The van der Waals surface area contributed by atoms with Crippen LogP contribution in [0.2, 0.25) is 0 Å². The summed E-state index contributed by atoms with van der Waals surface area (Å²) in [5, 5.41) is 2.90. The van der Waals surface area contributed by atoms with E-state index in [9.17, 15) is 14.4 Å². The molecular weight excluding hydrogens is 458 g/mol. The van der Waals surface area contributed by atoms with E-state index in [-0.39, 0.29) is 22.0 Å². The van der Waals surface area contributed by atoms with Crippen molar-refractivity contribution in [3.8, 4) is 5.75 Å². The molecule has 1 atom stereocenters. The minimum Gasteiger partial charge on any atom is -0.492 e. The number of hydrogen-bond donors (Lipinski definition) is 3. The fraction of sp³-hybridized carbons (Fsp3) is 0.304. The molecule has 34 heavy (non-hydrogen) atoms. The fourth-order valence-electron chi connectivity index (χ4n) is 3.30. The number of nitrogen functional groups attached to an aromatic ring is 1. The van der Waals surface area contributed by atoms with Crippen LogP contribution in [0.1, 0.15) is 59.7 Å². The Balaban J connectivity index is 2.24. The second-order valence-electron chi connectivity index (χ2n) is 8.37. The first-order valence-electron chi connectivity index (χ1n) is 10.5. The van der Waals surface area contributed by atoms with Crippen molar-refractivity contribution < 1.29 is 23.5 Å². The molecule has 3 rings (SSSR count). The van der Waals surface area contributed by atoms with Gasteiger partial charge in [0.15, 0.2) is 11.7 Å². The van der Waals surface area contributed by atoms with E-state index in [1.807, 2.05) is 20.8 Å². The molecule has 3 aromatic rings. The average molecular weight is 486 g/mol. The first-order valence-corrected chi connectivity index (χ1v) is 11.3. The van der Waals surface area contributed by atoms with Crippen LogP contribution in [0.3, 0.4) is 0 Å². The molecule has 0 aliphatic carbocycles. The smallest absolute Gasteiger partial charge is 0.273 e. The molecule has 180 valence electrons. The summed E-state index contributed by atoms with van der Waals surface area (Å²) in [6, 6.07) is 8.80. The van der Waals surface area contributed by atoms with Crippen molar-refractivity contribution in [2.24, 2.45) is 5.73 Å². The fourth-order valence-corrected chi connectivity index (χ4v) is 4.04. The summed E-state index contributed by atoms with van der Waals surface area (Å²) in [5.41, 5.74) is 10.7. The molecule has 2 heterocycles. The van der Waals surface area contributed by atoms with Gasteiger partial charge in [-0.05, 0) is 63.5 Å². The molecule has 5 N–H and O–H groups in total. The largest absolute Gasteiger partial charge is 0.492 e. The second kappa shape index (κ2) is 9.96. The van der Waals surface area contributed by atoms with Crippen LogP contribution in [0, 0.1) is 0 Å². The summed E-state index contributed by atoms with van der Waals surface area (Å²) in [4.78, 5) is 40.4. The van der Waals surface area contributed by atoms with Gasteiger partial charge in [0, 0.05) is 5.54 Å². The molecule has 0 fully saturated rings. The molecule has 1 aromatic carbocycles. The minimum atomic E-state index is -1.22. The molecule has 0 saturated heterocycles. The van der Waals surface area contributed by atoms with E-state index in [4.69, 9.17) is 20.6 Å². The zero-order chi connectivity index (χ0) is 25.0. The monoisotopic (exact) mass is 485 g/mol. The Labute approximate surface area is 201 Å². The highest BCUT2D eigenvalue weighted by Crippen LogP contribution is 2.38. The summed E-state index contributed by atoms with van der Waals surface area (Å²) in [6.45, 7) is 7.60. The first kappa shape index (κ1) is 24.8. The Morgan fingerprint density at radius 1 is 1.21 bits per heavy atom. The molecule has 0 bridgehead atoms. The number of ether oxygens (including phenoxy) is 1. The Morgan fingerprint density at radius 2 is 1.91 bits per heavy atom. The second-order valence-corrected chi connectivity index (χ2v) is 9.14. The zero-order valence-electron chi connectivity index (χ0n) is 19.3. The first-order chi connectivity index (χ1) is 16.0. The molecule has 0 saturated carbocycles. The lowest BCUT2D eigenvalue weighted by Gasteiger charge is -2.33. The van der Waals surface area contributed by atoms with Crippen molar-refractivity contribution in [3.05, 3.63) is 59.0 Å². The van der Waals surface area contributed by atoms with Crippen molar-refractivity contribution >= 4 is 40.6 Å². The lowest BCUT2D eigenvalue weighted by atomic mass is 10.0. The van der Waals surface area contributed by atoms with E-state index in [0.29, 0.717) is 18.0 Å². The molecule has 0 aliphatic heterocycles. The SMILES string of the molecule is CCOc1ccccc1N(C(=O)c1snc(C(N)=O)c1N)C(C(=O)NC(C)(C)C)c1ccco1. The standard InChI is InChI=1S/C23H27N5O5S/c1-5-32-14-10-7-6-9-13(14)28(22(31)19-16(24)17(20(25)29)27-34-19)18(15-11-8-12-33-15)21(30)26-23(2,3)4/h6-12,18H,5,24H2,1-4H3,(H2,25,29)(H,26,30). The number of carbonyl (C=O) groups is 3. The van der Waals surface area contributed by atoms with Gasteiger partial charge >= 0.3 is 0 Å². The third-order valence-electron chi connectivity index (χ3n) is 4.62. The van der Waals surface area contributed by atoms with E-state index >= 15 is 0 Å². The zero-order valence-corrected chi connectivity index (χ0v) is 20.1. The molecule has 10 nitrogen and oxygen atoms in total. The average Bonchev–Trinajstić information content (AvgIpc) is 3.41. The Morgan fingerprint density at radius 3 is 2.47 bits per heavy atom. The number of rotatable bonds is 8. The number of benzene rings is 1. The van der Waals surface area contributed by atoms with Crippen molar-refractivity contribution in [3.63, 3.8) is 0 Å². The maximum atomic E-state index is 14.0. The highest BCUT2D eigenvalue weighted by Gasteiger charge is 2.39. The molecule has 11 heteroatoms. The van der Waals surface area contributed by atoms with Crippen LogP contribution in [-0.4, -0.2) is 34.2 Å². The predicted molar refractivity (Wildman–Crippen MR) is 129 cm³/mol. The lowest BCUT2D eigenvalue weighted by Crippen LogP contribution is -2.49. The van der Waals surface area contributed by atoms with Crippen LogP contribution < -0.4 is 26.4 Å². The van der Waals surface area contributed by atoms with Gasteiger partial charge in [0.25, 0.3) is 17.7 Å². The summed E-state index contributed by atoms with van der Waals surface area (Å²) < 4.78 is 15.3.